The first-order chi connectivity index (χ1) is 13.6. The Labute approximate surface area is 161 Å². The molecule has 28 heavy (non-hydrogen) atoms. The smallest absolute Gasteiger partial charge is 0.331 e. The molecule has 4 rings (SSSR count). The Morgan fingerprint density at radius 3 is 2.43 bits per heavy atom. The zero-order valence-corrected chi connectivity index (χ0v) is 15.1. The molecule has 0 bridgehead atoms. The van der Waals surface area contributed by atoms with Crippen molar-refractivity contribution in [3.05, 3.63) is 98.2 Å². The first-order valence-corrected chi connectivity index (χ1v) is 9.11. The molecule has 1 aliphatic heterocycles. The van der Waals surface area contributed by atoms with E-state index in [1.54, 1.807) is 0 Å². The molecule has 1 atom stereocenters. The Morgan fingerprint density at radius 1 is 1.04 bits per heavy atom. The van der Waals surface area contributed by atoms with E-state index in [0.29, 0.717) is 18.6 Å². The maximum absolute atomic E-state index is 12.4. The molecule has 0 radical (unpaired) electrons. The van der Waals surface area contributed by atoms with Crippen LogP contribution in [0.15, 0.2) is 75.4 Å². The molecule has 142 valence electrons. The van der Waals surface area contributed by atoms with E-state index < -0.39 is 11.2 Å². The van der Waals surface area contributed by atoms with Gasteiger partial charge in [-0.2, -0.15) is 5.10 Å². The summed E-state index contributed by atoms with van der Waals surface area (Å²) in [5.41, 5.74) is 4.28. The number of aryl methyl sites for hydroxylation is 1. The molecule has 7 nitrogen and oxygen atoms in total. The average Bonchev–Trinajstić information content (AvgIpc) is 3.19. The minimum atomic E-state index is -0.632. The first-order valence-electron chi connectivity index (χ1n) is 9.11. The molecule has 0 saturated heterocycles. The second kappa shape index (κ2) is 7.56. The fourth-order valence-electron chi connectivity index (χ4n) is 3.39. The van der Waals surface area contributed by atoms with Crippen molar-refractivity contribution in [3.8, 4) is 5.88 Å². The zero-order valence-electron chi connectivity index (χ0n) is 15.1. The topological polar surface area (TPSA) is 99.5 Å². The van der Waals surface area contributed by atoms with Crippen LogP contribution in [0.3, 0.4) is 0 Å². The molecule has 0 spiro atoms. The van der Waals surface area contributed by atoms with Gasteiger partial charge in [-0.1, -0.05) is 60.7 Å². The molecule has 2 heterocycles. The van der Waals surface area contributed by atoms with Gasteiger partial charge >= 0.3 is 5.69 Å². The maximum Gasteiger partial charge on any atom is 0.331 e. The van der Waals surface area contributed by atoms with E-state index >= 15 is 0 Å². The van der Waals surface area contributed by atoms with E-state index in [2.05, 4.69) is 15.5 Å². The number of hydrogen-bond acceptors (Lipinski definition) is 5. The van der Waals surface area contributed by atoms with Crippen molar-refractivity contribution in [2.45, 2.75) is 25.4 Å². The molecule has 7 heteroatoms. The van der Waals surface area contributed by atoms with E-state index in [1.807, 2.05) is 60.7 Å². The summed E-state index contributed by atoms with van der Waals surface area (Å²) in [6, 6.07) is 19.3. The largest absolute Gasteiger partial charge is 0.494 e. The molecule has 1 aliphatic rings. The highest BCUT2D eigenvalue weighted by molar-refractivity contribution is 6.03. The Kier molecular flexibility index (Phi) is 4.80. The Bertz CT molecular complexity index is 1120. The van der Waals surface area contributed by atoms with Gasteiger partial charge in [0.05, 0.1) is 11.8 Å². The van der Waals surface area contributed by atoms with Crippen LogP contribution in [0.25, 0.3) is 0 Å². The van der Waals surface area contributed by atoms with Crippen molar-refractivity contribution >= 4 is 5.71 Å². The number of aromatic amines is 1. The van der Waals surface area contributed by atoms with Crippen molar-refractivity contribution in [1.29, 1.82) is 0 Å². The Morgan fingerprint density at radius 2 is 1.71 bits per heavy atom. The number of benzene rings is 2. The number of rotatable bonds is 5. The number of H-pyrrole nitrogens is 1. The van der Waals surface area contributed by atoms with E-state index in [-0.39, 0.29) is 24.0 Å². The van der Waals surface area contributed by atoms with E-state index in [1.165, 1.54) is 4.57 Å². The van der Waals surface area contributed by atoms with Crippen LogP contribution in [0.5, 0.6) is 5.88 Å². The highest BCUT2D eigenvalue weighted by atomic mass is 16.3. The van der Waals surface area contributed by atoms with Gasteiger partial charge in [-0.15, -0.1) is 0 Å². The molecule has 0 saturated carbocycles. The number of hydrogen-bond donors (Lipinski definition) is 3. The van der Waals surface area contributed by atoms with Gasteiger partial charge in [0.2, 0.25) is 5.88 Å². The lowest BCUT2D eigenvalue weighted by atomic mass is 10.00. The van der Waals surface area contributed by atoms with E-state index in [0.717, 1.165) is 11.1 Å². The summed E-state index contributed by atoms with van der Waals surface area (Å²) in [5.74, 6) is -0.348. The molecular formula is C21H20N4O3. The van der Waals surface area contributed by atoms with Crippen LogP contribution < -0.4 is 16.7 Å². The van der Waals surface area contributed by atoms with Gasteiger partial charge in [0.15, 0.2) is 0 Å². The van der Waals surface area contributed by atoms with E-state index in [4.69, 9.17) is 0 Å². The number of aromatic hydroxyl groups is 1. The lowest BCUT2D eigenvalue weighted by molar-refractivity contribution is 0.399. The van der Waals surface area contributed by atoms with Gasteiger partial charge < -0.3 is 10.5 Å². The molecule has 3 aromatic rings. The van der Waals surface area contributed by atoms with Gasteiger partial charge in [0, 0.05) is 13.0 Å². The summed E-state index contributed by atoms with van der Waals surface area (Å²) in [6.45, 7) is 0.251. The standard InChI is InChI=1S/C21H20N4O3/c26-19-18(17-13-16(23-24-17)15-9-5-2-6-10-15)20(27)25(21(28)22-19)12-11-14-7-3-1-4-8-14/h1-10,16,23,27H,11-13H2,(H,22,26,28)/t16-/m0/s1. The van der Waals surface area contributed by atoms with Crippen molar-refractivity contribution < 1.29 is 5.11 Å². The Hall–Kier alpha value is -3.61. The highest BCUT2D eigenvalue weighted by Crippen LogP contribution is 2.25. The van der Waals surface area contributed by atoms with Crippen molar-refractivity contribution in [2.75, 3.05) is 0 Å². The lowest BCUT2D eigenvalue weighted by Crippen LogP contribution is -2.34. The fraction of sp³-hybridized carbons (Fsp3) is 0.190. The number of nitrogens with one attached hydrogen (secondary N) is 2. The molecule has 0 fully saturated rings. The van der Waals surface area contributed by atoms with E-state index in [9.17, 15) is 14.7 Å². The van der Waals surface area contributed by atoms with Gasteiger partial charge in [0.25, 0.3) is 5.56 Å². The van der Waals surface area contributed by atoms with Gasteiger partial charge in [-0.05, 0) is 17.5 Å². The van der Waals surface area contributed by atoms with Crippen LogP contribution in [-0.4, -0.2) is 20.4 Å². The van der Waals surface area contributed by atoms with Crippen molar-refractivity contribution in [1.82, 2.24) is 15.0 Å². The monoisotopic (exact) mass is 376 g/mol. The Balaban J connectivity index is 1.61. The molecule has 0 amide bonds. The molecule has 0 aliphatic carbocycles. The average molecular weight is 376 g/mol. The zero-order chi connectivity index (χ0) is 19.5. The third-order valence-electron chi connectivity index (χ3n) is 4.88. The summed E-state index contributed by atoms with van der Waals surface area (Å²) in [4.78, 5) is 26.9. The second-order valence-electron chi connectivity index (χ2n) is 6.70. The van der Waals surface area contributed by atoms with Gasteiger partial charge in [0.1, 0.15) is 5.56 Å². The number of hydrazone groups is 1. The molecule has 3 N–H and O–H groups in total. The molecule has 0 unspecified atom stereocenters. The third kappa shape index (κ3) is 3.46. The van der Waals surface area contributed by atoms with Gasteiger partial charge in [-0.3, -0.25) is 14.3 Å². The molecule has 1 aromatic heterocycles. The SMILES string of the molecule is O=c1[nH]c(=O)n(CCc2ccccc2)c(O)c1C1=NN[C@H](c2ccccc2)C1. The normalized spacial score (nSPS) is 15.9. The summed E-state index contributed by atoms with van der Waals surface area (Å²) in [5, 5.41) is 14.9. The van der Waals surface area contributed by atoms with Crippen LogP contribution in [-0.2, 0) is 13.0 Å². The van der Waals surface area contributed by atoms with Crippen LogP contribution >= 0.6 is 0 Å². The van der Waals surface area contributed by atoms with Crippen molar-refractivity contribution in [2.24, 2.45) is 5.10 Å². The quantitative estimate of drug-likeness (QED) is 0.633. The molecule has 2 aromatic carbocycles. The van der Waals surface area contributed by atoms with Crippen LogP contribution in [0.2, 0.25) is 0 Å². The summed E-state index contributed by atoms with van der Waals surface area (Å²) < 4.78 is 1.18. The third-order valence-corrected chi connectivity index (χ3v) is 4.88. The van der Waals surface area contributed by atoms with Crippen LogP contribution in [0, 0.1) is 0 Å². The van der Waals surface area contributed by atoms with Crippen LogP contribution in [0.4, 0.5) is 0 Å². The predicted molar refractivity (Wildman–Crippen MR) is 107 cm³/mol. The van der Waals surface area contributed by atoms with Crippen molar-refractivity contribution in [3.63, 3.8) is 0 Å². The summed E-state index contributed by atoms with van der Waals surface area (Å²) in [6.07, 6.45) is 0.995. The predicted octanol–water partition coefficient (Wildman–Crippen LogP) is 1.92. The van der Waals surface area contributed by atoms with Crippen LogP contribution in [0.1, 0.15) is 29.2 Å². The minimum absolute atomic E-state index is 0.0404. The number of aromatic nitrogens is 2. The lowest BCUT2D eigenvalue weighted by Gasteiger charge is -2.12. The second-order valence-corrected chi connectivity index (χ2v) is 6.70. The fourth-order valence-corrected chi connectivity index (χ4v) is 3.39. The first kappa shape index (κ1) is 17.8. The summed E-state index contributed by atoms with van der Waals surface area (Å²) >= 11 is 0. The highest BCUT2D eigenvalue weighted by Gasteiger charge is 2.27. The minimum Gasteiger partial charge on any atom is -0.494 e. The van der Waals surface area contributed by atoms with Gasteiger partial charge in [-0.25, -0.2) is 4.79 Å². The summed E-state index contributed by atoms with van der Waals surface area (Å²) in [7, 11) is 0. The maximum atomic E-state index is 12.4. The number of nitrogens with zero attached hydrogens (tertiary/aromatic N) is 2. The molecular weight excluding hydrogens is 356 g/mol.